The molecule has 0 bridgehead atoms. The minimum Gasteiger partial charge on any atom is -0.201 e. The highest BCUT2D eigenvalue weighted by molar-refractivity contribution is 5.28. The molecule has 0 aliphatic heterocycles. The van der Waals surface area contributed by atoms with Gasteiger partial charge in [-0.05, 0) is 18.4 Å². The van der Waals surface area contributed by atoms with Gasteiger partial charge in [0.05, 0.1) is 12.5 Å². The van der Waals surface area contributed by atoms with E-state index in [0.29, 0.717) is 12.8 Å². The van der Waals surface area contributed by atoms with Gasteiger partial charge in [-0.25, -0.2) is 8.78 Å². The third-order valence-corrected chi connectivity index (χ3v) is 2.71. The lowest BCUT2D eigenvalue weighted by Crippen LogP contribution is -2.15. The molecule has 0 heterocycles. The van der Waals surface area contributed by atoms with Crippen molar-refractivity contribution in [1.82, 2.24) is 0 Å². The summed E-state index contributed by atoms with van der Waals surface area (Å²) in [6, 6.07) is 8.07. The normalized spacial score (nSPS) is 16.1. The zero-order valence-electron chi connectivity index (χ0n) is 8.21. The molecular formula is C12H11F2N. The van der Waals surface area contributed by atoms with E-state index in [1.54, 1.807) is 12.1 Å². The van der Waals surface area contributed by atoms with E-state index < -0.39 is 11.8 Å². The molecule has 0 amide bonds. The van der Waals surface area contributed by atoms with Gasteiger partial charge in [-0.15, -0.1) is 0 Å². The van der Waals surface area contributed by atoms with Gasteiger partial charge in [-0.3, -0.25) is 0 Å². The Bertz CT molecular complexity index is 385. The van der Waals surface area contributed by atoms with Crippen LogP contribution in [0.1, 0.15) is 24.0 Å². The molecule has 2 rings (SSSR count). The number of benzene rings is 1. The number of rotatable bonds is 3. The Morgan fingerprint density at radius 2 is 1.87 bits per heavy atom. The van der Waals surface area contributed by atoms with Crippen molar-refractivity contribution in [3.63, 3.8) is 0 Å². The fourth-order valence-electron chi connectivity index (χ4n) is 1.62. The summed E-state index contributed by atoms with van der Waals surface area (Å²) in [5.41, 5.74) is 0.861. The molecule has 0 saturated heterocycles. The van der Waals surface area contributed by atoms with Crippen molar-refractivity contribution in [2.24, 2.45) is 5.92 Å². The van der Waals surface area contributed by atoms with Crippen LogP contribution in [-0.4, -0.2) is 0 Å². The lowest BCUT2D eigenvalue weighted by atomic mass is 10.0. The molecule has 1 aliphatic rings. The molecule has 1 aromatic rings. The summed E-state index contributed by atoms with van der Waals surface area (Å²) in [6.07, 6.45) is 1.51. The highest BCUT2D eigenvalue weighted by atomic mass is 19.3. The number of hydrogen-bond acceptors (Lipinski definition) is 1. The number of halogens is 2. The largest absolute Gasteiger partial charge is 0.276 e. The molecule has 0 unspecified atom stereocenters. The topological polar surface area (TPSA) is 23.8 Å². The van der Waals surface area contributed by atoms with Gasteiger partial charge in [0.1, 0.15) is 0 Å². The first-order valence-corrected chi connectivity index (χ1v) is 4.99. The second-order valence-corrected chi connectivity index (χ2v) is 3.93. The molecule has 0 radical (unpaired) electrons. The minimum atomic E-state index is -2.69. The van der Waals surface area contributed by atoms with Gasteiger partial charge >= 0.3 is 0 Å². The van der Waals surface area contributed by atoms with E-state index in [0.717, 1.165) is 5.56 Å². The summed E-state index contributed by atoms with van der Waals surface area (Å²) in [5.74, 6) is -3.16. The highest BCUT2D eigenvalue weighted by Gasteiger charge is 2.47. The maximum Gasteiger partial charge on any atom is 0.276 e. The molecule has 1 aliphatic carbocycles. The molecule has 0 spiro atoms. The summed E-state index contributed by atoms with van der Waals surface area (Å²) in [7, 11) is 0. The van der Waals surface area contributed by atoms with E-state index in [2.05, 4.69) is 0 Å². The molecular weight excluding hydrogens is 196 g/mol. The van der Waals surface area contributed by atoms with Crippen molar-refractivity contribution in [3.8, 4) is 6.07 Å². The van der Waals surface area contributed by atoms with E-state index in [-0.39, 0.29) is 12.0 Å². The average molecular weight is 207 g/mol. The Kier molecular flexibility index (Phi) is 2.44. The fourth-order valence-corrected chi connectivity index (χ4v) is 1.62. The van der Waals surface area contributed by atoms with Crippen molar-refractivity contribution in [2.75, 3.05) is 0 Å². The Morgan fingerprint density at radius 3 is 2.33 bits per heavy atom. The first-order valence-electron chi connectivity index (χ1n) is 4.99. The predicted octanol–water partition coefficient (Wildman–Crippen LogP) is 3.25. The second-order valence-electron chi connectivity index (χ2n) is 3.93. The second kappa shape index (κ2) is 3.62. The molecule has 78 valence electrons. The van der Waals surface area contributed by atoms with Crippen molar-refractivity contribution in [3.05, 3.63) is 35.4 Å². The summed E-state index contributed by atoms with van der Waals surface area (Å²) in [5, 5.41) is 8.45. The molecule has 0 atom stereocenters. The Labute approximate surface area is 87.3 Å². The number of nitriles is 1. The van der Waals surface area contributed by atoms with Gasteiger partial charge in [-0.2, -0.15) is 5.26 Å². The van der Waals surface area contributed by atoms with Gasteiger partial charge in [0, 0.05) is 11.5 Å². The number of hydrogen-bond donors (Lipinski definition) is 0. The maximum absolute atomic E-state index is 13.6. The Morgan fingerprint density at radius 1 is 1.27 bits per heavy atom. The third-order valence-electron chi connectivity index (χ3n) is 2.71. The van der Waals surface area contributed by atoms with Gasteiger partial charge in [0.25, 0.3) is 5.92 Å². The zero-order valence-corrected chi connectivity index (χ0v) is 8.21. The van der Waals surface area contributed by atoms with Crippen molar-refractivity contribution in [1.29, 1.82) is 5.26 Å². The van der Waals surface area contributed by atoms with Crippen LogP contribution in [0.25, 0.3) is 0 Å². The van der Waals surface area contributed by atoms with Crippen LogP contribution in [0.3, 0.4) is 0 Å². The minimum absolute atomic E-state index is 0.0756. The summed E-state index contributed by atoms with van der Waals surface area (Å²) in [6.45, 7) is 0. The third kappa shape index (κ3) is 1.99. The molecule has 3 heteroatoms. The molecule has 0 N–H and O–H groups in total. The van der Waals surface area contributed by atoms with E-state index in [1.807, 2.05) is 6.07 Å². The van der Waals surface area contributed by atoms with Crippen LogP contribution in [0.5, 0.6) is 0 Å². The number of nitrogens with zero attached hydrogens (tertiary/aromatic N) is 1. The van der Waals surface area contributed by atoms with E-state index in [4.69, 9.17) is 5.26 Å². The van der Waals surface area contributed by atoms with Crippen LogP contribution < -0.4 is 0 Å². The maximum atomic E-state index is 13.6. The Balaban J connectivity index is 2.19. The van der Waals surface area contributed by atoms with Crippen LogP contribution in [0.15, 0.2) is 24.3 Å². The summed E-state index contributed by atoms with van der Waals surface area (Å²) in [4.78, 5) is 0. The lowest BCUT2D eigenvalue weighted by Gasteiger charge is -2.15. The van der Waals surface area contributed by atoms with Crippen LogP contribution in [0.2, 0.25) is 0 Å². The first-order chi connectivity index (χ1) is 7.14. The Hall–Kier alpha value is -1.43. The van der Waals surface area contributed by atoms with Crippen molar-refractivity contribution < 1.29 is 8.78 Å². The van der Waals surface area contributed by atoms with E-state index in [1.165, 1.54) is 12.1 Å². The van der Waals surface area contributed by atoms with Gasteiger partial charge < -0.3 is 0 Å². The zero-order chi connectivity index (χ0) is 10.9. The highest BCUT2D eigenvalue weighted by Crippen LogP contribution is 2.49. The quantitative estimate of drug-likeness (QED) is 0.746. The molecule has 1 saturated carbocycles. The molecule has 15 heavy (non-hydrogen) atoms. The van der Waals surface area contributed by atoms with Crippen molar-refractivity contribution >= 4 is 0 Å². The van der Waals surface area contributed by atoms with Crippen molar-refractivity contribution in [2.45, 2.75) is 25.2 Å². The fraction of sp³-hybridized carbons (Fsp3) is 0.417. The molecule has 1 nitrogen and oxygen atoms in total. The van der Waals surface area contributed by atoms with Crippen LogP contribution in [0, 0.1) is 17.2 Å². The molecule has 0 aromatic heterocycles. The van der Waals surface area contributed by atoms with Crippen LogP contribution in [-0.2, 0) is 12.3 Å². The smallest absolute Gasteiger partial charge is 0.201 e. The molecule has 1 fully saturated rings. The van der Waals surface area contributed by atoms with Crippen LogP contribution >= 0.6 is 0 Å². The standard InChI is InChI=1S/C12H11F2N/c13-12(14,11-5-6-11)10-3-1-9(2-4-10)7-8-15/h1-4,11H,5-7H2. The number of alkyl halides is 2. The predicted molar refractivity (Wildman–Crippen MR) is 52.4 cm³/mol. The van der Waals surface area contributed by atoms with Gasteiger partial charge in [0.15, 0.2) is 0 Å². The SMILES string of the molecule is N#CCc1ccc(C(F)(F)C2CC2)cc1. The first kappa shape index (κ1) is 10.1. The van der Waals surface area contributed by atoms with Gasteiger partial charge in [0.2, 0.25) is 0 Å². The monoisotopic (exact) mass is 207 g/mol. The average Bonchev–Trinajstić information content (AvgIpc) is 3.02. The summed E-state index contributed by atoms with van der Waals surface area (Å²) >= 11 is 0. The lowest BCUT2D eigenvalue weighted by molar-refractivity contribution is -0.0285. The molecule has 1 aromatic carbocycles. The van der Waals surface area contributed by atoms with E-state index >= 15 is 0 Å². The summed E-state index contributed by atoms with van der Waals surface area (Å²) < 4.78 is 27.2. The van der Waals surface area contributed by atoms with E-state index in [9.17, 15) is 8.78 Å². The van der Waals surface area contributed by atoms with Crippen LogP contribution in [0.4, 0.5) is 8.78 Å². The van der Waals surface area contributed by atoms with Gasteiger partial charge in [-0.1, -0.05) is 24.3 Å².